The van der Waals surface area contributed by atoms with Gasteiger partial charge in [0.1, 0.15) is 5.01 Å². The summed E-state index contributed by atoms with van der Waals surface area (Å²) in [5, 5.41) is 1.04. The molecule has 72 valence electrons. The Morgan fingerprint density at radius 2 is 2.31 bits per heavy atom. The van der Waals surface area contributed by atoms with Gasteiger partial charge in [0.15, 0.2) is 0 Å². The van der Waals surface area contributed by atoms with Crippen LogP contribution in [0.5, 0.6) is 0 Å². The molecule has 4 heteroatoms. The Morgan fingerprint density at radius 3 is 2.92 bits per heavy atom. The third-order valence-corrected chi connectivity index (χ3v) is 3.55. The van der Waals surface area contributed by atoms with Crippen LogP contribution in [0.1, 0.15) is 28.6 Å². The van der Waals surface area contributed by atoms with Crippen molar-refractivity contribution in [1.29, 1.82) is 0 Å². The van der Waals surface area contributed by atoms with Gasteiger partial charge in [-0.3, -0.25) is 0 Å². The summed E-state index contributed by atoms with van der Waals surface area (Å²) in [6.07, 6.45) is 4.24. The fraction of sp³-hybridized carbons (Fsp3) is 0.667. The van der Waals surface area contributed by atoms with E-state index < -0.39 is 0 Å². The van der Waals surface area contributed by atoms with Crippen molar-refractivity contribution in [2.75, 3.05) is 13.2 Å². The Labute approximate surface area is 81.9 Å². The molecule has 0 spiro atoms. The highest BCUT2D eigenvalue weighted by Gasteiger charge is 2.17. The zero-order valence-electron chi connectivity index (χ0n) is 7.53. The molecule has 2 heterocycles. The van der Waals surface area contributed by atoms with Crippen LogP contribution >= 0.6 is 11.3 Å². The van der Waals surface area contributed by atoms with Crippen molar-refractivity contribution in [3.8, 4) is 0 Å². The van der Waals surface area contributed by atoms with E-state index in [-0.39, 0.29) is 0 Å². The molecule has 0 atom stereocenters. The summed E-state index contributed by atoms with van der Waals surface area (Å²) in [6, 6.07) is 0. The molecule has 2 rings (SSSR count). The van der Waals surface area contributed by atoms with Crippen LogP contribution in [0.25, 0.3) is 0 Å². The zero-order valence-corrected chi connectivity index (χ0v) is 8.35. The van der Waals surface area contributed by atoms with E-state index >= 15 is 0 Å². The lowest BCUT2D eigenvalue weighted by Gasteiger charge is -2.20. The Kier molecular flexibility index (Phi) is 2.93. The fourth-order valence-corrected chi connectivity index (χ4v) is 2.56. The third-order valence-electron chi connectivity index (χ3n) is 2.37. The van der Waals surface area contributed by atoms with Crippen molar-refractivity contribution in [2.45, 2.75) is 25.3 Å². The van der Waals surface area contributed by atoms with Crippen LogP contribution in [0.3, 0.4) is 0 Å². The van der Waals surface area contributed by atoms with Gasteiger partial charge in [-0.15, -0.1) is 11.3 Å². The highest BCUT2D eigenvalue weighted by Crippen LogP contribution is 2.30. The molecule has 13 heavy (non-hydrogen) atoms. The maximum atomic E-state index is 5.52. The van der Waals surface area contributed by atoms with E-state index in [9.17, 15) is 0 Å². The van der Waals surface area contributed by atoms with Gasteiger partial charge < -0.3 is 10.5 Å². The number of nitrogens with zero attached hydrogens (tertiary/aromatic N) is 1. The summed E-state index contributed by atoms with van der Waals surface area (Å²) in [5.74, 6) is 0.659. The van der Waals surface area contributed by atoms with Crippen LogP contribution in [0.2, 0.25) is 0 Å². The predicted molar refractivity (Wildman–Crippen MR) is 52.8 cm³/mol. The van der Waals surface area contributed by atoms with E-state index in [1.54, 1.807) is 11.3 Å². The van der Waals surface area contributed by atoms with Gasteiger partial charge in [-0.05, 0) is 18.8 Å². The van der Waals surface area contributed by atoms with Crippen molar-refractivity contribution in [3.05, 3.63) is 16.1 Å². The Hall–Kier alpha value is -0.450. The minimum atomic E-state index is 0.563. The van der Waals surface area contributed by atoms with Crippen molar-refractivity contribution < 1.29 is 4.74 Å². The van der Waals surface area contributed by atoms with Gasteiger partial charge in [0.05, 0.1) is 0 Å². The van der Waals surface area contributed by atoms with Crippen LogP contribution < -0.4 is 5.73 Å². The largest absolute Gasteiger partial charge is 0.381 e. The van der Waals surface area contributed by atoms with E-state index in [4.69, 9.17) is 10.5 Å². The molecule has 3 nitrogen and oxygen atoms in total. The number of nitrogens with two attached hydrogens (primary N) is 1. The molecule has 0 unspecified atom stereocenters. The average Bonchev–Trinajstić information content (AvgIpc) is 2.67. The van der Waals surface area contributed by atoms with E-state index in [1.165, 1.54) is 4.88 Å². The van der Waals surface area contributed by atoms with Crippen molar-refractivity contribution in [1.82, 2.24) is 4.98 Å². The smallest absolute Gasteiger partial charge is 0.106 e. The van der Waals surface area contributed by atoms with Crippen LogP contribution in [0.15, 0.2) is 6.20 Å². The Morgan fingerprint density at radius 1 is 1.54 bits per heavy atom. The standard InChI is InChI=1S/C9H14N2OS/c10-5-9-11-6-8(13-9)7-1-3-12-4-2-7/h6-7H,1-5,10H2. The van der Waals surface area contributed by atoms with E-state index in [2.05, 4.69) is 4.98 Å². The molecule has 1 aromatic heterocycles. The van der Waals surface area contributed by atoms with Gasteiger partial charge in [-0.2, -0.15) is 0 Å². The molecule has 1 saturated heterocycles. The minimum Gasteiger partial charge on any atom is -0.381 e. The third kappa shape index (κ3) is 2.07. The topological polar surface area (TPSA) is 48.1 Å². The number of aromatic nitrogens is 1. The lowest BCUT2D eigenvalue weighted by atomic mass is 9.99. The van der Waals surface area contributed by atoms with Gasteiger partial charge in [0.2, 0.25) is 0 Å². The molecule has 2 N–H and O–H groups in total. The highest BCUT2D eigenvalue weighted by molar-refractivity contribution is 7.11. The summed E-state index contributed by atoms with van der Waals surface area (Å²) < 4.78 is 5.31. The maximum Gasteiger partial charge on any atom is 0.106 e. The zero-order chi connectivity index (χ0) is 9.10. The molecule has 0 amide bonds. The second-order valence-electron chi connectivity index (χ2n) is 3.25. The van der Waals surface area contributed by atoms with Gasteiger partial charge in [-0.25, -0.2) is 4.98 Å². The molecule has 1 aliphatic heterocycles. The molecule has 0 saturated carbocycles. The molecule has 1 aromatic rings. The van der Waals surface area contributed by atoms with E-state index in [0.717, 1.165) is 31.1 Å². The van der Waals surface area contributed by atoms with Gasteiger partial charge in [0.25, 0.3) is 0 Å². The van der Waals surface area contributed by atoms with E-state index in [1.807, 2.05) is 6.20 Å². The molecule has 1 fully saturated rings. The monoisotopic (exact) mass is 198 g/mol. The van der Waals surface area contributed by atoms with Crippen molar-refractivity contribution in [3.63, 3.8) is 0 Å². The molecule has 0 aromatic carbocycles. The normalized spacial score (nSPS) is 19.2. The average molecular weight is 198 g/mol. The number of hydrogen-bond acceptors (Lipinski definition) is 4. The summed E-state index contributed by atoms with van der Waals surface area (Å²) >= 11 is 1.75. The second-order valence-corrected chi connectivity index (χ2v) is 4.39. The van der Waals surface area contributed by atoms with Gasteiger partial charge in [-0.1, -0.05) is 0 Å². The molecule has 0 bridgehead atoms. The lowest BCUT2D eigenvalue weighted by molar-refractivity contribution is 0.0860. The van der Waals surface area contributed by atoms with E-state index in [0.29, 0.717) is 12.5 Å². The number of rotatable bonds is 2. The molecular formula is C9H14N2OS. The van der Waals surface area contributed by atoms with Crippen LogP contribution in [-0.2, 0) is 11.3 Å². The number of ether oxygens (including phenoxy) is 1. The Bertz CT molecular complexity index is 268. The first-order valence-corrected chi connectivity index (χ1v) is 5.44. The van der Waals surface area contributed by atoms with Crippen molar-refractivity contribution in [2.24, 2.45) is 5.73 Å². The molecule has 1 aliphatic rings. The van der Waals surface area contributed by atoms with Crippen LogP contribution in [0.4, 0.5) is 0 Å². The lowest BCUT2D eigenvalue weighted by Crippen LogP contribution is -2.12. The predicted octanol–water partition coefficient (Wildman–Crippen LogP) is 1.50. The highest BCUT2D eigenvalue weighted by atomic mass is 32.1. The summed E-state index contributed by atoms with van der Waals surface area (Å²) in [5.41, 5.74) is 5.52. The summed E-state index contributed by atoms with van der Waals surface area (Å²) in [4.78, 5) is 5.64. The first-order chi connectivity index (χ1) is 6.40. The molecule has 0 radical (unpaired) electrons. The minimum absolute atomic E-state index is 0.563. The SMILES string of the molecule is NCc1ncc(C2CCOCC2)s1. The van der Waals surface area contributed by atoms with Crippen LogP contribution in [0, 0.1) is 0 Å². The first-order valence-electron chi connectivity index (χ1n) is 4.62. The molecular weight excluding hydrogens is 184 g/mol. The summed E-state index contributed by atoms with van der Waals surface area (Å²) in [7, 11) is 0. The fourth-order valence-electron chi connectivity index (χ4n) is 1.59. The second kappa shape index (κ2) is 4.17. The van der Waals surface area contributed by atoms with Crippen LogP contribution in [-0.4, -0.2) is 18.2 Å². The first kappa shape index (κ1) is 9.12. The van der Waals surface area contributed by atoms with Gasteiger partial charge >= 0.3 is 0 Å². The number of hydrogen-bond donors (Lipinski definition) is 1. The molecule has 0 aliphatic carbocycles. The Balaban J connectivity index is 2.05. The van der Waals surface area contributed by atoms with Gasteiger partial charge in [0, 0.05) is 30.8 Å². The summed E-state index contributed by atoms with van der Waals surface area (Å²) in [6.45, 7) is 2.34. The maximum absolute atomic E-state index is 5.52. The van der Waals surface area contributed by atoms with Crippen molar-refractivity contribution >= 4 is 11.3 Å². The quantitative estimate of drug-likeness (QED) is 0.783. The number of thiazole rings is 1.